The molecule has 0 aliphatic carbocycles. The lowest BCUT2D eigenvalue weighted by Gasteiger charge is -2.36. The first-order chi connectivity index (χ1) is 15.7. The largest absolute Gasteiger partial charge is 0.460 e. The molecule has 0 aliphatic heterocycles. The van der Waals surface area contributed by atoms with E-state index in [1.54, 1.807) is 0 Å². The molecule has 208 valence electrons. The lowest BCUT2D eigenvalue weighted by Crippen LogP contribution is -2.64. The molecule has 0 radical (unpaired) electrons. The first kappa shape index (κ1) is 31.8. The molecular weight excluding hydrogens is 584 g/mol. The quantitative estimate of drug-likeness (QED) is 0.207. The minimum Gasteiger partial charge on any atom is -0.452 e. The van der Waals surface area contributed by atoms with Gasteiger partial charge in [0.25, 0.3) is 5.24 Å². The smallest absolute Gasteiger partial charge is 0.452 e. The number of carbonyl (C=O) groups excluding carboxylic acids is 1. The zero-order valence-electron chi connectivity index (χ0n) is 15.9. The molecule has 0 N–H and O–H groups in total. The average Bonchev–Trinajstić information content (AvgIpc) is 2.65. The molecule has 4 nitrogen and oxygen atoms in total. The number of alkyl halides is 16. The first-order valence-electron chi connectivity index (χ1n) is 8.06. The summed E-state index contributed by atoms with van der Waals surface area (Å²) in [5.41, 5.74) is -0.348. The van der Waals surface area contributed by atoms with Crippen LogP contribution in [0.25, 0.3) is 0 Å². The number of carbonyl (C=O) groups is 1. The lowest BCUT2D eigenvalue weighted by atomic mass is 10.1. The number of rotatable bonds is 11. The van der Waals surface area contributed by atoms with Crippen molar-refractivity contribution in [3.05, 3.63) is 29.8 Å². The molecule has 0 spiro atoms. The third-order valence-electron chi connectivity index (χ3n) is 3.56. The maximum absolute atomic E-state index is 13.6. The van der Waals surface area contributed by atoms with E-state index >= 15 is 0 Å². The Morgan fingerprint density at radius 2 is 1.08 bits per heavy atom. The highest BCUT2D eigenvalue weighted by atomic mass is 35.5. The number of hydrogen-bond acceptors (Lipinski definition) is 4. The van der Waals surface area contributed by atoms with Gasteiger partial charge in [0, 0.05) is 5.56 Å². The van der Waals surface area contributed by atoms with Crippen molar-refractivity contribution in [1.82, 2.24) is 0 Å². The van der Waals surface area contributed by atoms with Crippen LogP contribution in [-0.4, -0.2) is 54.1 Å². The highest BCUT2D eigenvalue weighted by Gasteiger charge is 2.85. The zero-order valence-corrected chi connectivity index (χ0v) is 16.7. The van der Waals surface area contributed by atoms with E-state index < -0.39 is 59.8 Å². The van der Waals surface area contributed by atoms with Gasteiger partial charge in [-0.15, -0.1) is 0 Å². The number of benzene rings is 1. The van der Waals surface area contributed by atoms with Crippen LogP contribution in [0.2, 0.25) is 0 Å². The van der Waals surface area contributed by atoms with Gasteiger partial charge >= 0.3 is 48.8 Å². The van der Waals surface area contributed by atoms with E-state index in [-0.39, 0.29) is 5.56 Å². The van der Waals surface area contributed by atoms with Crippen LogP contribution in [0.1, 0.15) is 10.4 Å². The second kappa shape index (κ2) is 9.58. The molecule has 0 saturated heterocycles. The third-order valence-corrected chi connectivity index (χ3v) is 3.78. The van der Waals surface area contributed by atoms with Gasteiger partial charge in [-0.3, -0.25) is 4.79 Å². The maximum atomic E-state index is 13.6. The molecule has 0 fully saturated rings. The lowest BCUT2D eigenvalue weighted by molar-refractivity contribution is -0.547. The van der Waals surface area contributed by atoms with Gasteiger partial charge in [-0.05, 0) is 35.9 Å². The van der Waals surface area contributed by atoms with E-state index in [1.807, 2.05) is 4.74 Å². The number of halogens is 17. The fourth-order valence-corrected chi connectivity index (χ4v) is 1.90. The summed E-state index contributed by atoms with van der Waals surface area (Å²) in [6.45, 7) is 0. The van der Waals surface area contributed by atoms with Crippen molar-refractivity contribution < 1.29 is 89.3 Å². The van der Waals surface area contributed by atoms with Crippen molar-refractivity contribution in [2.24, 2.45) is 0 Å². The van der Waals surface area contributed by atoms with Crippen LogP contribution in [0.5, 0.6) is 5.75 Å². The van der Waals surface area contributed by atoms with Crippen molar-refractivity contribution in [1.29, 1.82) is 0 Å². The Hall–Kier alpha value is -2.22. The molecule has 0 saturated carbocycles. The Kier molecular flexibility index (Phi) is 8.47. The Balaban J connectivity index is 3.13. The predicted molar refractivity (Wildman–Crippen MR) is 80.1 cm³/mol. The summed E-state index contributed by atoms with van der Waals surface area (Å²) in [5, 5.41) is -1.13. The number of ether oxygens (including phenoxy) is 3. The van der Waals surface area contributed by atoms with Gasteiger partial charge < -0.3 is 4.74 Å². The van der Waals surface area contributed by atoms with Crippen LogP contribution in [0.15, 0.2) is 24.3 Å². The van der Waals surface area contributed by atoms with E-state index in [4.69, 9.17) is 11.6 Å². The van der Waals surface area contributed by atoms with Gasteiger partial charge in [0.2, 0.25) is 0 Å². The molecule has 0 amide bonds. The summed E-state index contributed by atoms with van der Waals surface area (Å²) in [6, 6.07) is 2.37. The molecule has 1 rings (SSSR count). The van der Waals surface area contributed by atoms with Crippen molar-refractivity contribution in [3.8, 4) is 5.75 Å². The Morgan fingerprint density at radius 3 is 1.47 bits per heavy atom. The van der Waals surface area contributed by atoms with Crippen LogP contribution in [0.3, 0.4) is 0 Å². The summed E-state index contributed by atoms with van der Waals surface area (Å²) in [4.78, 5) is 10.8. The van der Waals surface area contributed by atoms with Gasteiger partial charge in [0.1, 0.15) is 5.75 Å². The molecule has 21 heteroatoms. The second-order valence-corrected chi connectivity index (χ2v) is 6.54. The van der Waals surface area contributed by atoms with Crippen LogP contribution < -0.4 is 4.74 Å². The monoisotopic (exact) mass is 588 g/mol. The van der Waals surface area contributed by atoms with E-state index in [0.717, 1.165) is 0 Å². The molecule has 1 unspecified atom stereocenters. The predicted octanol–water partition coefficient (Wildman–Crippen LogP) is 6.98. The molecule has 0 aliphatic rings. The van der Waals surface area contributed by atoms with Crippen LogP contribution >= 0.6 is 11.6 Å². The van der Waals surface area contributed by atoms with Crippen LogP contribution in [0, 0.1) is 0 Å². The van der Waals surface area contributed by atoms with Gasteiger partial charge in [0.15, 0.2) is 0 Å². The molecule has 0 heterocycles. The van der Waals surface area contributed by atoms with Gasteiger partial charge in [0.05, 0.1) is 0 Å². The van der Waals surface area contributed by atoms with E-state index in [9.17, 15) is 75.0 Å². The highest BCUT2D eigenvalue weighted by Crippen LogP contribution is 2.56. The summed E-state index contributed by atoms with van der Waals surface area (Å²) < 4.78 is 214. The Morgan fingerprint density at radius 1 is 0.667 bits per heavy atom. The summed E-state index contributed by atoms with van der Waals surface area (Å²) in [7, 11) is 0. The molecule has 36 heavy (non-hydrogen) atoms. The zero-order chi connectivity index (χ0) is 28.8. The van der Waals surface area contributed by atoms with Gasteiger partial charge in [-0.25, -0.2) is 9.47 Å². The highest BCUT2D eigenvalue weighted by molar-refractivity contribution is 6.67. The number of hydrogen-bond donors (Lipinski definition) is 0. The fraction of sp³-hybridized carbons (Fsp3) is 0.533. The van der Waals surface area contributed by atoms with E-state index in [2.05, 4.69) is 4.74 Å². The van der Waals surface area contributed by atoms with Crippen molar-refractivity contribution in [2.75, 3.05) is 0 Å². The fourth-order valence-electron chi connectivity index (χ4n) is 1.77. The average molecular weight is 589 g/mol. The van der Waals surface area contributed by atoms with Crippen LogP contribution in [0.4, 0.5) is 70.2 Å². The minimum absolute atomic E-state index is 0.348. The standard InChI is InChI=1S/C15H5ClF16O4/c16-7(33)5-1-3-6(4-2-5)34-8(17)9(18,19)35-14(29,30)15(31,32)36-13(27,28)11(22,23)10(20,21)12(24,25)26/h1-4,8H. The van der Waals surface area contributed by atoms with E-state index in [1.165, 1.54) is 4.74 Å². The molecule has 0 aromatic heterocycles. The molecule has 0 bridgehead atoms. The summed E-state index contributed by atoms with van der Waals surface area (Å²) in [5.74, 6) is -16.9. The molecular formula is C15H5ClF16O4. The molecule has 1 atom stereocenters. The molecule has 1 aromatic carbocycles. The topological polar surface area (TPSA) is 44.8 Å². The Labute approximate surface area is 191 Å². The SMILES string of the molecule is O=C(Cl)c1ccc(OC(F)C(F)(F)OC(F)(F)C(F)(F)OC(F)(F)C(F)(F)C(F)(F)C(F)(F)F)cc1. The first-order valence-corrected chi connectivity index (χ1v) is 8.44. The minimum atomic E-state index is -8.01. The van der Waals surface area contributed by atoms with E-state index in [0.29, 0.717) is 24.3 Å². The summed E-state index contributed by atoms with van der Waals surface area (Å²) in [6.07, 6.45) is -41.0. The normalized spacial score (nSPS) is 15.6. The maximum Gasteiger partial charge on any atom is 0.460 e. The van der Waals surface area contributed by atoms with Crippen LogP contribution in [-0.2, 0) is 9.47 Å². The Bertz CT molecular complexity index is 930. The van der Waals surface area contributed by atoms with Crippen molar-refractivity contribution in [3.63, 3.8) is 0 Å². The van der Waals surface area contributed by atoms with Crippen molar-refractivity contribution in [2.45, 2.75) is 48.8 Å². The van der Waals surface area contributed by atoms with Gasteiger partial charge in [-0.1, -0.05) is 0 Å². The second-order valence-electron chi connectivity index (χ2n) is 6.19. The van der Waals surface area contributed by atoms with Crippen molar-refractivity contribution >= 4 is 16.8 Å². The molecule has 1 aromatic rings. The third kappa shape index (κ3) is 6.18. The van der Waals surface area contributed by atoms with Gasteiger partial charge in [-0.2, -0.15) is 70.2 Å². The summed E-state index contributed by atoms with van der Waals surface area (Å²) >= 11 is 5.01.